The van der Waals surface area contributed by atoms with Crippen molar-refractivity contribution in [3.63, 3.8) is 0 Å². The highest BCUT2D eigenvalue weighted by molar-refractivity contribution is 6.31. The Kier molecular flexibility index (Phi) is 8.18. The van der Waals surface area contributed by atoms with Crippen molar-refractivity contribution in [2.45, 2.75) is 19.4 Å². The molecule has 1 aromatic heterocycles. The number of aromatic nitrogens is 1. The monoisotopic (exact) mass is 475 g/mol. The minimum Gasteiger partial charge on any atom is -0.465 e. The Labute approximate surface area is 203 Å². The van der Waals surface area contributed by atoms with Gasteiger partial charge in [0, 0.05) is 16.0 Å². The molecule has 0 aliphatic carbocycles. The predicted octanol–water partition coefficient (Wildman–Crippen LogP) is 6.13. The lowest BCUT2D eigenvalue weighted by Gasteiger charge is -2.18. The lowest BCUT2D eigenvalue weighted by molar-refractivity contribution is 0.0601. The van der Waals surface area contributed by atoms with Crippen LogP contribution in [0.4, 0.5) is 0 Å². The summed E-state index contributed by atoms with van der Waals surface area (Å²) in [5, 5.41) is 12.3. The molecule has 0 bridgehead atoms. The largest absolute Gasteiger partial charge is 0.465 e. The van der Waals surface area contributed by atoms with Gasteiger partial charge in [-0.1, -0.05) is 67.1 Å². The van der Waals surface area contributed by atoms with Gasteiger partial charge in [0.15, 0.2) is 0 Å². The van der Waals surface area contributed by atoms with Gasteiger partial charge in [-0.2, -0.15) is 0 Å². The van der Waals surface area contributed by atoms with E-state index in [1.807, 2.05) is 79.7 Å². The first-order valence-corrected chi connectivity index (χ1v) is 11.1. The average molecular weight is 476 g/mol. The number of halogens is 1. The second kappa shape index (κ2) is 11.1. The Hall–Kier alpha value is -3.51. The Morgan fingerprint density at radius 3 is 2.59 bits per heavy atom. The number of nitrogens with zero attached hydrogens (tertiary/aromatic N) is 1. The molecule has 3 aromatic carbocycles. The molecule has 4 aromatic rings. The van der Waals surface area contributed by atoms with Crippen molar-refractivity contribution in [1.29, 1.82) is 0 Å². The summed E-state index contributed by atoms with van der Waals surface area (Å²) in [6, 6.07) is 22.8. The van der Waals surface area contributed by atoms with E-state index in [0.717, 1.165) is 27.7 Å². The zero-order valence-electron chi connectivity index (χ0n) is 19.0. The number of benzene rings is 3. The van der Waals surface area contributed by atoms with Crippen LogP contribution in [0.5, 0.6) is 0 Å². The van der Waals surface area contributed by atoms with Gasteiger partial charge in [-0.25, -0.2) is 9.78 Å². The topological polar surface area (TPSA) is 90.9 Å². The second-order valence-corrected chi connectivity index (χ2v) is 8.15. The van der Waals surface area contributed by atoms with Crippen molar-refractivity contribution in [2.24, 2.45) is 0 Å². The number of ether oxygens (including phenoxy) is 1. The van der Waals surface area contributed by atoms with Crippen LogP contribution in [0.3, 0.4) is 0 Å². The molecule has 6 heteroatoms. The van der Waals surface area contributed by atoms with Crippen LogP contribution in [-0.4, -0.2) is 28.6 Å². The quantitative estimate of drug-likeness (QED) is 0.339. The fraction of sp³-hybridized carbons (Fsp3) is 0.143. The lowest BCUT2D eigenvalue weighted by atomic mass is 9.90. The van der Waals surface area contributed by atoms with E-state index in [1.54, 1.807) is 12.1 Å². The molecule has 0 amide bonds. The summed E-state index contributed by atoms with van der Waals surface area (Å²) >= 11 is 6.10. The molecule has 5 nitrogen and oxygen atoms in total. The van der Waals surface area contributed by atoms with E-state index in [-0.39, 0.29) is 5.48 Å². The van der Waals surface area contributed by atoms with Crippen LogP contribution in [0.25, 0.3) is 34.2 Å². The number of esters is 1. The van der Waals surface area contributed by atoms with Gasteiger partial charge in [-0.05, 0) is 59.5 Å². The smallest absolute Gasteiger partial charge is 0.338 e. The number of methoxy groups -OCH3 is 1. The molecule has 0 aliphatic heterocycles. The zero-order chi connectivity index (χ0) is 23.4. The fourth-order valence-electron chi connectivity index (χ4n) is 3.85. The third kappa shape index (κ3) is 5.34. The number of aliphatic hydroxyl groups excluding tert-OH is 1. The first-order chi connectivity index (χ1) is 16.0. The number of hydrogen-bond donors (Lipinski definition) is 1. The summed E-state index contributed by atoms with van der Waals surface area (Å²) in [7, 11) is 1.36. The number of fused-ring (bicyclic) bond motifs is 1. The molecule has 0 spiro atoms. The molecule has 1 atom stereocenters. The Bertz CT molecular complexity index is 1350. The van der Waals surface area contributed by atoms with E-state index in [1.165, 1.54) is 7.11 Å². The van der Waals surface area contributed by atoms with E-state index in [9.17, 15) is 9.90 Å². The normalized spacial score (nSPS) is 11.9. The van der Waals surface area contributed by atoms with Crippen molar-refractivity contribution in [1.82, 2.24) is 4.98 Å². The molecule has 0 radical (unpaired) electrons. The second-order valence-electron chi connectivity index (χ2n) is 7.72. The standard InChI is InChI=1S/C28H24ClNO3.H2O/c1-3-26(31)23-8-5-9-24(28(32)33-2)27(23)20-7-4-6-18(16-20)10-14-22-15-12-19-11-13-21(29)17-25(19)30-22;/h4-17,26,31H,3H2,1-2H3;1H2. The molecule has 174 valence electrons. The summed E-state index contributed by atoms with van der Waals surface area (Å²) in [5.41, 5.74) is 5.24. The highest BCUT2D eigenvalue weighted by Crippen LogP contribution is 2.34. The first-order valence-electron chi connectivity index (χ1n) is 10.7. The number of hydrogen-bond acceptors (Lipinski definition) is 4. The van der Waals surface area contributed by atoms with Crippen molar-refractivity contribution in [3.8, 4) is 11.1 Å². The highest BCUT2D eigenvalue weighted by atomic mass is 35.5. The number of carbonyl (C=O) groups excluding carboxylic acids is 1. The molecular formula is C28H26ClNO4. The molecule has 1 unspecified atom stereocenters. The SMILES string of the molecule is CCC(O)c1cccc(C(=O)OC)c1-c1cccc(C=Cc2ccc3ccc(Cl)cc3n2)c1.O. The average Bonchev–Trinajstić information content (AvgIpc) is 2.85. The van der Waals surface area contributed by atoms with E-state index in [2.05, 4.69) is 4.98 Å². The van der Waals surface area contributed by atoms with Crippen LogP contribution in [0, 0.1) is 0 Å². The van der Waals surface area contributed by atoms with Crippen LogP contribution in [0.1, 0.15) is 46.6 Å². The third-order valence-corrected chi connectivity index (χ3v) is 5.78. The van der Waals surface area contributed by atoms with Gasteiger partial charge in [-0.15, -0.1) is 0 Å². The molecule has 3 N–H and O–H groups in total. The summed E-state index contributed by atoms with van der Waals surface area (Å²) < 4.78 is 4.99. The Morgan fingerprint density at radius 2 is 1.82 bits per heavy atom. The van der Waals surface area contributed by atoms with Gasteiger partial charge in [0.25, 0.3) is 0 Å². The van der Waals surface area contributed by atoms with Gasteiger partial charge < -0.3 is 15.3 Å². The van der Waals surface area contributed by atoms with Crippen molar-refractivity contribution in [3.05, 3.63) is 100 Å². The molecule has 1 heterocycles. The maximum Gasteiger partial charge on any atom is 0.338 e. The lowest BCUT2D eigenvalue weighted by Crippen LogP contribution is -2.08. The van der Waals surface area contributed by atoms with Crippen molar-refractivity contribution >= 4 is 40.6 Å². The molecule has 0 aliphatic rings. The van der Waals surface area contributed by atoms with Crippen LogP contribution in [-0.2, 0) is 4.74 Å². The number of pyridine rings is 1. The van der Waals surface area contributed by atoms with Crippen LogP contribution in [0.15, 0.2) is 72.8 Å². The van der Waals surface area contributed by atoms with E-state index >= 15 is 0 Å². The van der Waals surface area contributed by atoms with Crippen LogP contribution in [0.2, 0.25) is 5.02 Å². The van der Waals surface area contributed by atoms with Gasteiger partial charge >= 0.3 is 5.97 Å². The molecule has 34 heavy (non-hydrogen) atoms. The van der Waals surface area contributed by atoms with Gasteiger partial charge in [0.2, 0.25) is 0 Å². The zero-order valence-corrected chi connectivity index (χ0v) is 19.7. The van der Waals surface area contributed by atoms with E-state index in [4.69, 9.17) is 16.3 Å². The summed E-state index contributed by atoms with van der Waals surface area (Å²) in [6.07, 6.45) is 3.76. The first kappa shape index (κ1) is 25.1. The molecule has 4 rings (SSSR count). The number of rotatable bonds is 6. The predicted molar refractivity (Wildman–Crippen MR) is 138 cm³/mol. The fourth-order valence-corrected chi connectivity index (χ4v) is 4.01. The Morgan fingerprint density at radius 1 is 1.06 bits per heavy atom. The van der Waals surface area contributed by atoms with Crippen molar-refractivity contribution < 1.29 is 20.1 Å². The van der Waals surface area contributed by atoms with Gasteiger partial charge in [0.05, 0.1) is 30.0 Å². The molecule has 0 fully saturated rings. The molecular weight excluding hydrogens is 450 g/mol. The minimum absolute atomic E-state index is 0. The maximum absolute atomic E-state index is 12.5. The van der Waals surface area contributed by atoms with Gasteiger partial charge in [0.1, 0.15) is 0 Å². The summed E-state index contributed by atoms with van der Waals surface area (Å²) in [4.78, 5) is 17.1. The summed E-state index contributed by atoms with van der Waals surface area (Å²) in [5.74, 6) is -0.435. The highest BCUT2D eigenvalue weighted by Gasteiger charge is 2.20. The van der Waals surface area contributed by atoms with Crippen LogP contribution < -0.4 is 0 Å². The molecule has 0 saturated carbocycles. The van der Waals surface area contributed by atoms with Crippen molar-refractivity contribution in [2.75, 3.05) is 7.11 Å². The summed E-state index contributed by atoms with van der Waals surface area (Å²) in [6.45, 7) is 1.90. The number of carbonyl (C=O) groups is 1. The molecule has 0 saturated heterocycles. The van der Waals surface area contributed by atoms with E-state index < -0.39 is 12.1 Å². The maximum atomic E-state index is 12.5. The minimum atomic E-state index is -0.683. The van der Waals surface area contributed by atoms with Gasteiger partial charge in [-0.3, -0.25) is 0 Å². The Balaban J connectivity index is 0.00000324. The van der Waals surface area contributed by atoms with Crippen LogP contribution >= 0.6 is 11.6 Å². The number of aliphatic hydroxyl groups is 1. The third-order valence-electron chi connectivity index (χ3n) is 5.55. The van der Waals surface area contributed by atoms with E-state index in [0.29, 0.717) is 28.1 Å².